The fourth-order valence-electron chi connectivity index (χ4n) is 2.74. The zero-order valence-corrected chi connectivity index (χ0v) is 11.1. The Morgan fingerprint density at radius 1 is 0.900 bits per heavy atom. The molecule has 1 fully saturated rings. The summed E-state index contributed by atoms with van der Waals surface area (Å²) in [7, 11) is -0.274. The largest absolute Gasteiger partial charge is 0.624 e. The summed E-state index contributed by atoms with van der Waals surface area (Å²) in [5.74, 6) is 4.98. The fraction of sp³-hybridized carbons (Fsp3) is 0.176. The first-order valence-corrected chi connectivity index (χ1v) is 7.06. The Morgan fingerprint density at radius 2 is 1.55 bits per heavy atom. The third kappa shape index (κ3) is 2.20. The molecule has 2 aliphatic rings. The van der Waals surface area contributed by atoms with Gasteiger partial charge in [0.15, 0.2) is 0 Å². The lowest BCUT2D eigenvalue weighted by atomic mass is 9.89. The Bertz CT molecular complexity index is 613. The van der Waals surface area contributed by atoms with Crippen molar-refractivity contribution in [2.75, 3.05) is 0 Å². The van der Waals surface area contributed by atoms with Gasteiger partial charge in [-0.05, 0) is 41.9 Å². The summed E-state index contributed by atoms with van der Waals surface area (Å²) in [6, 6.07) is 18.5. The van der Waals surface area contributed by atoms with Crippen LogP contribution in [-0.2, 0) is 0 Å². The SMILES string of the molecule is C(=C\[C@H]1C[C@@H]1c1ccccc1)/B1Oc2ccccc2O1. The summed E-state index contributed by atoms with van der Waals surface area (Å²) in [6.45, 7) is 0. The lowest BCUT2D eigenvalue weighted by Gasteiger charge is -1.98. The van der Waals surface area contributed by atoms with Gasteiger partial charge in [0.1, 0.15) is 11.5 Å². The van der Waals surface area contributed by atoms with Crippen molar-refractivity contribution < 1.29 is 9.31 Å². The van der Waals surface area contributed by atoms with E-state index in [9.17, 15) is 0 Å². The average molecular weight is 262 g/mol. The molecule has 0 unspecified atom stereocenters. The monoisotopic (exact) mass is 262 g/mol. The van der Waals surface area contributed by atoms with Crippen LogP contribution in [0.2, 0.25) is 0 Å². The zero-order valence-electron chi connectivity index (χ0n) is 11.1. The molecule has 0 N–H and O–H groups in total. The normalized spacial score (nSPS) is 23.3. The molecule has 98 valence electrons. The van der Waals surface area contributed by atoms with Crippen molar-refractivity contribution in [3.8, 4) is 11.5 Å². The van der Waals surface area contributed by atoms with E-state index in [0.717, 1.165) is 11.5 Å². The van der Waals surface area contributed by atoms with E-state index in [2.05, 4.69) is 36.4 Å². The molecule has 2 nitrogen and oxygen atoms in total. The van der Waals surface area contributed by atoms with Crippen molar-refractivity contribution in [2.24, 2.45) is 5.92 Å². The van der Waals surface area contributed by atoms with Gasteiger partial charge in [-0.2, -0.15) is 0 Å². The highest BCUT2D eigenvalue weighted by Gasteiger charge is 2.37. The topological polar surface area (TPSA) is 18.5 Å². The first-order chi connectivity index (χ1) is 9.90. The Balaban J connectivity index is 1.38. The lowest BCUT2D eigenvalue weighted by Crippen LogP contribution is -2.21. The molecule has 1 aliphatic heterocycles. The van der Waals surface area contributed by atoms with E-state index in [1.54, 1.807) is 0 Å². The van der Waals surface area contributed by atoms with Crippen LogP contribution in [0.3, 0.4) is 0 Å². The van der Waals surface area contributed by atoms with Crippen LogP contribution >= 0.6 is 0 Å². The number of benzene rings is 2. The summed E-state index contributed by atoms with van der Waals surface area (Å²) in [4.78, 5) is 0. The first-order valence-electron chi connectivity index (χ1n) is 7.06. The predicted molar refractivity (Wildman–Crippen MR) is 79.9 cm³/mol. The molecule has 2 aromatic carbocycles. The minimum Gasteiger partial charge on any atom is -0.520 e. The van der Waals surface area contributed by atoms with E-state index in [-0.39, 0.29) is 7.12 Å². The summed E-state index contributed by atoms with van der Waals surface area (Å²) < 4.78 is 11.4. The minimum atomic E-state index is -0.274. The van der Waals surface area contributed by atoms with E-state index in [4.69, 9.17) is 9.31 Å². The van der Waals surface area contributed by atoms with E-state index in [1.807, 2.05) is 30.2 Å². The van der Waals surface area contributed by atoms with Crippen LogP contribution in [0, 0.1) is 5.92 Å². The number of rotatable bonds is 3. The molecule has 0 radical (unpaired) electrons. The summed E-state index contributed by atoms with van der Waals surface area (Å²) in [5, 5.41) is 0. The van der Waals surface area contributed by atoms with E-state index < -0.39 is 0 Å². The zero-order chi connectivity index (χ0) is 13.4. The van der Waals surface area contributed by atoms with Gasteiger partial charge in [0.2, 0.25) is 0 Å². The molecule has 2 atom stereocenters. The number of hydrogen-bond donors (Lipinski definition) is 0. The van der Waals surface area contributed by atoms with E-state index >= 15 is 0 Å². The van der Waals surface area contributed by atoms with Gasteiger partial charge in [0.05, 0.1) is 0 Å². The third-order valence-electron chi connectivity index (χ3n) is 3.92. The summed E-state index contributed by atoms with van der Waals surface area (Å²) in [6.07, 6.45) is 3.45. The number of para-hydroxylation sites is 2. The Hall–Kier alpha value is -2.16. The highest BCUT2D eigenvalue weighted by Crippen LogP contribution is 2.48. The van der Waals surface area contributed by atoms with Gasteiger partial charge in [0, 0.05) is 0 Å². The quantitative estimate of drug-likeness (QED) is 0.782. The summed E-state index contributed by atoms with van der Waals surface area (Å²) >= 11 is 0. The maximum atomic E-state index is 5.72. The highest BCUT2D eigenvalue weighted by atomic mass is 16.6. The standard InChI is InChI=1S/C17H15BO2/c1-2-6-13(7-3-1)15-12-14(15)10-11-18-19-16-8-4-5-9-17(16)20-18/h1-11,14-15H,12H2/b11-10+/t14-,15+/m0/s1. The second kappa shape index (κ2) is 4.75. The van der Waals surface area contributed by atoms with Gasteiger partial charge in [-0.3, -0.25) is 0 Å². The Morgan fingerprint density at radius 3 is 2.25 bits per heavy atom. The van der Waals surface area contributed by atoms with Crippen LogP contribution in [0.25, 0.3) is 0 Å². The number of fused-ring (bicyclic) bond motifs is 1. The molecule has 0 spiro atoms. The minimum absolute atomic E-state index is 0.274. The average Bonchev–Trinajstić information content (AvgIpc) is 3.16. The molecule has 1 aliphatic carbocycles. The van der Waals surface area contributed by atoms with Gasteiger partial charge in [0.25, 0.3) is 0 Å². The Kier molecular flexibility index (Phi) is 2.77. The molecule has 3 heteroatoms. The molecule has 4 rings (SSSR count). The fourth-order valence-corrected chi connectivity index (χ4v) is 2.74. The van der Waals surface area contributed by atoms with Crippen LogP contribution in [0.5, 0.6) is 11.5 Å². The molecular formula is C17H15BO2. The molecule has 1 heterocycles. The summed E-state index contributed by atoms with van der Waals surface area (Å²) in [5.41, 5.74) is 1.43. The van der Waals surface area contributed by atoms with Crippen molar-refractivity contribution in [3.63, 3.8) is 0 Å². The molecule has 0 amide bonds. The second-order valence-electron chi connectivity index (χ2n) is 5.35. The molecule has 1 saturated carbocycles. The van der Waals surface area contributed by atoms with Crippen molar-refractivity contribution in [1.29, 1.82) is 0 Å². The maximum Gasteiger partial charge on any atom is 0.624 e. The molecule has 0 aromatic heterocycles. The smallest absolute Gasteiger partial charge is 0.520 e. The molecule has 20 heavy (non-hydrogen) atoms. The van der Waals surface area contributed by atoms with Crippen LogP contribution in [0.1, 0.15) is 17.9 Å². The second-order valence-corrected chi connectivity index (χ2v) is 5.35. The van der Waals surface area contributed by atoms with Crippen LogP contribution < -0.4 is 9.31 Å². The van der Waals surface area contributed by atoms with Gasteiger partial charge < -0.3 is 9.31 Å². The molecule has 2 aromatic rings. The van der Waals surface area contributed by atoms with Crippen molar-refractivity contribution in [2.45, 2.75) is 12.3 Å². The van der Waals surface area contributed by atoms with Crippen LogP contribution in [0.4, 0.5) is 0 Å². The predicted octanol–water partition coefficient (Wildman–Crippen LogP) is 3.85. The van der Waals surface area contributed by atoms with Gasteiger partial charge >= 0.3 is 7.12 Å². The van der Waals surface area contributed by atoms with Gasteiger partial charge in [-0.1, -0.05) is 48.5 Å². The molecule has 0 saturated heterocycles. The van der Waals surface area contributed by atoms with Crippen molar-refractivity contribution in [3.05, 3.63) is 72.2 Å². The van der Waals surface area contributed by atoms with Gasteiger partial charge in [-0.25, -0.2) is 0 Å². The van der Waals surface area contributed by atoms with Crippen molar-refractivity contribution in [1.82, 2.24) is 0 Å². The van der Waals surface area contributed by atoms with Crippen LogP contribution in [0.15, 0.2) is 66.6 Å². The molecular weight excluding hydrogens is 247 g/mol. The van der Waals surface area contributed by atoms with Crippen molar-refractivity contribution >= 4 is 7.12 Å². The molecule has 0 bridgehead atoms. The Labute approximate surface area is 119 Å². The number of allylic oxidation sites excluding steroid dienone is 1. The van der Waals surface area contributed by atoms with Gasteiger partial charge in [-0.15, -0.1) is 0 Å². The lowest BCUT2D eigenvalue weighted by molar-refractivity contribution is 0.517. The highest BCUT2D eigenvalue weighted by molar-refractivity contribution is 6.53. The number of hydrogen-bond acceptors (Lipinski definition) is 2. The van der Waals surface area contributed by atoms with Crippen LogP contribution in [-0.4, -0.2) is 7.12 Å². The van der Waals surface area contributed by atoms with E-state index in [1.165, 1.54) is 12.0 Å². The van der Waals surface area contributed by atoms with E-state index in [0.29, 0.717) is 11.8 Å². The first kappa shape index (κ1) is 11.7. The maximum absolute atomic E-state index is 5.72. The third-order valence-corrected chi connectivity index (χ3v) is 3.92.